The standard InChI is InChI=1S/C19H20FNO3.C2H6O4S/c20-15-3-1-13(2-4-15)17-7-8-21-10-14(17)11-22-16-5-6-18-19(9-16)24-12-23-18;3-1-2-7(4,5)6/h1-6,9,14,17,21H,7-8,10-12H2;3H,1-2H2,(H,4,5,6)/t14-,17-;/m0./s1. The van der Waals surface area contributed by atoms with Gasteiger partial charge in [0.05, 0.1) is 19.0 Å². The van der Waals surface area contributed by atoms with E-state index in [-0.39, 0.29) is 12.6 Å². The molecule has 170 valence electrons. The molecule has 0 bridgehead atoms. The number of halogens is 1. The highest BCUT2D eigenvalue weighted by molar-refractivity contribution is 7.85. The molecule has 2 atom stereocenters. The molecule has 0 saturated carbocycles. The highest BCUT2D eigenvalue weighted by Crippen LogP contribution is 2.36. The molecule has 2 aromatic rings. The van der Waals surface area contributed by atoms with Gasteiger partial charge in [-0.1, -0.05) is 12.1 Å². The Morgan fingerprint density at radius 3 is 2.55 bits per heavy atom. The summed E-state index contributed by atoms with van der Waals surface area (Å²) < 4.78 is 56.9. The smallest absolute Gasteiger partial charge is 0.267 e. The van der Waals surface area contributed by atoms with E-state index in [1.807, 2.05) is 30.3 Å². The van der Waals surface area contributed by atoms with Gasteiger partial charge in [-0.15, -0.1) is 0 Å². The van der Waals surface area contributed by atoms with Crippen molar-refractivity contribution in [1.29, 1.82) is 0 Å². The Labute approximate surface area is 180 Å². The lowest BCUT2D eigenvalue weighted by Gasteiger charge is -2.32. The number of rotatable bonds is 6. The highest BCUT2D eigenvalue weighted by atomic mass is 32.2. The minimum Gasteiger partial charge on any atom is -0.493 e. The van der Waals surface area contributed by atoms with Crippen molar-refractivity contribution in [2.24, 2.45) is 5.92 Å². The molecule has 0 aliphatic carbocycles. The number of aliphatic hydroxyl groups excluding tert-OH is 1. The van der Waals surface area contributed by atoms with Crippen LogP contribution in [-0.4, -0.2) is 56.9 Å². The molecule has 1 fully saturated rings. The van der Waals surface area contributed by atoms with E-state index in [0.29, 0.717) is 18.4 Å². The van der Waals surface area contributed by atoms with Crippen LogP contribution in [0.4, 0.5) is 4.39 Å². The van der Waals surface area contributed by atoms with Crippen molar-refractivity contribution in [3.05, 3.63) is 53.8 Å². The van der Waals surface area contributed by atoms with Crippen LogP contribution in [-0.2, 0) is 10.1 Å². The van der Waals surface area contributed by atoms with Crippen LogP contribution in [0, 0.1) is 11.7 Å². The van der Waals surface area contributed by atoms with Gasteiger partial charge in [0.15, 0.2) is 11.5 Å². The second-order valence-corrected chi connectivity index (χ2v) is 8.82. The molecule has 2 aromatic carbocycles. The molecule has 10 heteroatoms. The predicted octanol–water partition coefficient (Wildman–Crippen LogP) is 2.19. The Bertz CT molecular complexity index is 953. The average Bonchev–Trinajstić information content (AvgIpc) is 3.21. The molecule has 3 N–H and O–H groups in total. The topological polar surface area (TPSA) is 114 Å². The lowest BCUT2D eigenvalue weighted by atomic mass is 9.81. The van der Waals surface area contributed by atoms with E-state index in [1.165, 1.54) is 17.7 Å². The van der Waals surface area contributed by atoms with Crippen molar-refractivity contribution in [3.63, 3.8) is 0 Å². The first-order valence-electron chi connectivity index (χ1n) is 9.90. The summed E-state index contributed by atoms with van der Waals surface area (Å²) in [5.41, 5.74) is 1.18. The molecule has 0 radical (unpaired) electrons. The third kappa shape index (κ3) is 7.06. The van der Waals surface area contributed by atoms with Gasteiger partial charge in [0, 0.05) is 18.5 Å². The maximum atomic E-state index is 13.2. The summed E-state index contributed by atoms with van der Waals surface area (Å²) in [6, 6.07) is 12.5. The predicted molar refractivity (Wildman–Crippen MR) is 112 cm³/mol. The molecule has 1 saturated heterocycles. The Kier molecular flexibility index (Phi) is 8.08. The third-order valence-corrected chi connectivity index (χ3v) is 5.76. The largest absolute Gasteiger partial charge is 0.493 e. The lowest BCUT2D eigenvalue weighted by Crippen LogP contribution is -2.38. The van der Waals surface area contributed by atoms with Crippen molar-refractivity contribution < 1.29 is 36.7 Å². The summed E-state index contributed by atoms with van der Waals surface area (Å²) in [5.74, 6) is 2.21. The van der Waals surface area contributed by atoms with Crippen LogP contribution in [0.5, 0.6) is 17.2 Å². The number of aliphatic hydroxyl groups is 1. The SMILES string of the molecule is Fc1ccc([C@@H]2CCNC[C@H]2COc2ccc3c(c2)OCO3)cc1.O=S(=O)(O)CCO. The van der Waals surface area contributed by atoms with E-state index in [9.17, 15) is 12.8 Å². The summed E-state index contributed by atoms with van der Waals surface area (Å²) in [5, 5.41) is 11.3. The molecule has 0 unspecified atom stereocenters. The number of piperidine rings is 1. The molecule has 8 nitrogen and oxygen atoms in total. The van der Waals surface area contributed by atoms with Crippen molar-refractivity contribution >= 4 is 10.1 Å². The normalized spacial score (nSPS) is 20.0. The molecule has 2 aliphatic heterocycles. The molecular formula is C21H26FNO7S. The van der Waals surface area contributed by atoms with E-state index < -0.39 is 22.5 Å². The van der Waals surface area contributed by atoms with Gasteiger partial charge in [0.25, 0.3) is 10.1 Å². The summed E-state index contributed by atoms with van der Waals surface area (Å²) in [6.07, 6.45) is 1.03. The van der Waals surface area contributed by atoms with Crippen LogP contribution in [0.25, 0.3) is 0 Å². The molecule has 0 aromatic heterocycles. The number of benzene rings is 2. The molecule has 0 amide bonds. The minimum atomic E-state index is -3.92. The fraction of sp³-hybridized carbons (Fsp3) is 0.429. The summed E-state index contributed by atoms with van der Waals surface area (Å²) in [4.78, 5) is 0. The Morgan fingerprint density at radius 2 is 1.87 bits per heavy atom. The van der Waals surface area contributed by atoms with Crippen molar-refractivity contribution in [2.75, 3.05) is 38.8 Å². The first-order chi connectivity index (χ1) is 14.9. The number of ether oxygens (including phenoxy) is 3. The number of hydrogen-bond donors (Lipinski definition) is 3. The van der Waals surface area contributed by atoms with Crippen molar-refractivity contribution in [1.82, 2.24) is 5.32 Å². The van der Waals surface area contributed by atoms with Gasteiger partial charge in [-0.25, -0.2) is 4.39 Å². The zero-order valence-corrected chi connectivity index (χ0v) is 17.7. The van der Waals surface area contributed by atoms with Gasteiger partial charge in [-0.3, -0.25) is 4.55 Å². The first-order valence-corrected chi connectivity index (χ1v) is 11.5. The number of fused-ring (bicyclic) bond motifs is 1. The first kappa shape index (κ1) is 23.3. The van der Waals surface area contributed by atoms with Gasteiger partial charge in [0.1, 0.15) is 11.6 Å². The molecule has 2 heterocycles. The number of nitrogens with one attached hydrogen (secondary N) is 1. The third-order valence-electron chi connectivity index (χ3n) is 5.06. The van der Waals surface area contributed by atoms with E-state index in [4.69, 9.17) is 23.9 Å². The van der Waals surface area contributed by atoms with Crippen molar-refractivity contribution in [2.45, 2.75) is 12.3 Å². The van der Waals surface area contributed by atoms with Gasteiger partial charge in [-0.05, 0) is 48.7 Å². The van der Waals surface area contributed by atoms with Crippen LogP contribution in [0.15, 0.2) is 42.5 Å². The van der Waals surface area contributed by atoms with Crippen LogP contribution >= 0.6 is 0 Å². The Hall–Kier alpha value is -2.40. The van der Waals surface area contributed by atoms with Crippen LogP contribution in [0.3, 0.4) is 0 Å². The van der Waals surface area contributed by atoms with E-state index in [2.05, 4.69) is 5.32 Å². The quantitative estimate of drug-likeness (QED) is 0.568. The molecule has 4 rings (SSSR count). The van der Waals surface area contributed by atoms with E-state index in [1.54, 1.807) is 0 Å². The molecule has 31 heavy (non-hydrogen) atoms. The lowest BCUT2D eigenvalue weighted by molar-refractivity contribution is 0.173. The molecule has 0 spiro atoms. The van der Waals surface area contributed by atoms with Gasteiger partial charge in [-0.2, -0.15) is 8.42 Å². The maximum absolute atomic E-state index is 13.2. The minimum absolute atomic E-state index is 0.194. The van der Waals surface area contributed by atoms with Gasteiger partial charge in [0.2, 0.25) is 6.79 Å². The average molecular weight is 456 g/mol. The Morgan fingerprint density at radius 1 is 1.13 bits per heavy atom. The Balaban J connectivity index is 0.000000339. The zero-order chi connectivity index (χ0) is 22.3. The van der Waals surface area contributed by atoms with Gasteiger partial charge >= 0.3 is 0 Å². The molecular weight excluding hydrogens is 429 g/mol. The van der Waals surface area contributed by atoms with Crippen molar-refractivity contribution in [3.8, 4) is 17.2 Å². The fourth-order valence-corrected chi connectivity index (χ4v) is 3.76. The van der Waals surface area contributed by atoms with Crippen LogP contribution in [0.2, 0.25) is 0 Å². The summed E-state index contributed by atoms with van der Waals surface area (Å²) >= 11 is 0. The summed E-state index contributed by atoms with van der Waals surface area (Å²) in [6.45, 7) is 2.21. The van der Waals surface area contributed by atoms with Gasteiger partial charge < -0.3 is 24.6 Å². The van der Waals surface area contributed by atoms with Crippen LogP contribution < -0.4 is 19.5 Å². The summed E-state index contributed by atoms with van der Waals surface area (Å²) in [7, 11) is -3.92. The zero-order valence-electron chi connectivity index (χ0n) is 16.9. The molecule has 2 aliphatic rings. The second-order valence-electron chi connectivity index (χ2n) is 7.25. The fourth-order valence-electron chi connectivity index (χ4n) is 3.53. The monoisotopic (exact) mass is 455 g/mol. The highest BCUT2D eigenvalue weighted by Gasteiger charge is 2.27. The maximum Gasteiger partial charge on any atom is 0.267 e. The second kappa shape index (κ2) is 10.8. The van der Waals surface area contributed by atoms with E-state index >= 15 is 0 Å². The number of hydrogen-bond acceptors (Lipinski definition) is 7. The van der Waals surface area contributed by atoms with Crippen LogP contribution in [0.1, 0.15) is 17.9 Å². The van der Waals surface area contributed by atoms with E-state index in [0.717, 1.165) is 36.8 Å².